The summed E-state index contributed by atoms with van der Waals surface area (Å²) < 4.78 is 1.10. The molecule has 0 fully saturated rings. The molecule has 0 amide bonds. The van der Waals surface area contributed by atoms with Crippen LogP contribution >= 0.6 is 27.3 Å². The largest absolute Gasteiger partial charge is 0.399 e. The zero-order valence-corrected chi connectivity index (χ0v) is 11.1. The maximum Gasteiger partial charge on any atom is 0.0321 e. The van der Waals surface area contributed by atoms with Crippen LogP contribution in [-0.4, -0.2) is 0 Å². The lowest BCUT2D eigenvalue weighted by molar-refractivity contribution is 1.54. The fourth-order valence-electron chi connectivity index (χ4n) is 1.65. The minimum Gasteiger partial charge on any atom is -0.399 e. The van der Waals surface area contributed by atoms with E-state index in [9.17, 15) is 0 Å². The van der Waals surface area contributed by atoms with E-state index in [0.29, 0.717) is 0 Å². The van der Waals surface area contributed by atoms with Crippen molar-refractivity contribution in [2.45, 2.75) is 13.8 Å². The van der Waals surface area contributed by atoms with Gasteiger partial charge in [0.15, 0.2) is 0 Å². The van der Waals surface area contributed by atoms with E-state index in [1.807, 2.05) is 29.5 Å². The van der Waals surface area contributed by atoms with Crippen LogP contribution in [0.25, 0.3) is 11.1 Å². The highest BCUT2D eigenvalue weighted by molar-refractivity contribution is 9.10. The molecule has 0 aliphatic heterocycles. The number of halogens is 1. The Labute approximate surface area is 102 Å². The number of rotatable bonds is 1. The van der Waals surface area contributed by atoms with E-state index in [0.717, 1.165) is 10.2 Å². The van der Waals surface area contributed by atoms with Gasteiger partial charge in [0.2, 0.25) is 0 Å². The normalized spacial score (nSPS) is 10.6. The Hall–Kier alpha value is -0.800. The number of aryl methyl sites for hydroxylation is 2. The van der Waals surface area contributed by atoms with Crippen LogP contribution in [0.5, 0.6) is 0 Å². The van der Waals surface area contributed by atoms with Gasteiger partial charge in [0, 0.05) is 19.9 Å². The topological polar surface area (TPSA) is 26.0 Å². The van der Waals surface area contributed by atoms with E-state index < -0.39 is 0 Å². The van der Waals surface area contributed by atoms with Gasteiger partial charge < -0.3 is 5.73 Å². The van der Waals surface area contributed by atoms with Crippen molar-refractivity contribution in [2.24, 2.45) is 0 Å². The highest BCUT2D eigenvalue weighted by atomic mass is 79.9. The van der Waals surface area contributed by atoms with Crippen molar-refractivity contribution in [3.63, 3.8) is 0 Å². The van der Waals surface area contributed by atoms with Crippen LogP contribution in [0.15, 0.2) is 28.7 Å². The molecule has 0 aliphatic rings. The van der Waals surface area contributed by atoms with Gasteiger partial charge in [-0.25, -0.2) is 0 Å². The van der Waals surface area contributed by atoms with E-state index in [2.05, 4.69) is 35.8 Å². The SMILES string of the molecule is Cc1cc(-c2cc(N)ccc2Br)c(C)s1. The third kappa shape index (κ3) is 2.08. The second-order valence-electron chi connectivity index (χ2n) is 3.57. The zero-order chi connectivity index (χ0) is 11.0. The number of thiophene rings is 1. The molecule has 0 radical (unpaired) electrons. The molecule has 2 aromatic rings. The highest BCUT2D eigenvalue weighted by Gasteiger charge is 2.09. The lowest BCUT2D eigenvalue weighted by atomic mass is 10.1. The minimum atomic E-state index is 0.802. The first kappa shape index (κ1) is 10.7. The van der Waals surface area contributed by atoms with Gasteiger partial charge >= 0.3 is 0 Å². The molecule has 1 aromatic heterocycles. The second kappa shape index (κ2) is 3.99. The summed E-state index contributed by atoms with van der Waals surface area (Å²) in [6.07, 6.45) is 0. The van der Waals surface area contributed by atoms with Gasteiger partial charge in [0.05, 0.1) is 0 Å². The number of hydrogen-bond acceptors (Lipinski definition) is 2. The quantitative estimate of drug-likeness (QED) is 0.772. The third-order valence-corrected chi connectivity index (χ3v) is 3.98. The van der Waals surface area contributed by atoms with E-state index in [1.54, 1.807) is 0 Å². The van der Waals surface area contributed by atoms with E-state index in [1.165, 1.54) is 20.9 Å². The van der Waals surface area contributed by atoms with Crippen molar-refractivity contribution in [3.05, 3.63) is 38.5 Å². The fraction of sp³-hybridized carbons (Fsp3) is 0.167. The maximum absolute atomic E-state index is 5.80. The van der Waals surface area contributed by atoms with Gasteiger partial charge in [0.1, 0.15) is 0 Å². The lowest BCUT2D eigenvalue weighted by Crippen LogP contribution is -1.86. The lowest BCUT2D eigenvalue weighted by Gasteiger charge is -2.04. The summed E-state index contributed by atoms with van der Waals surface area (Å²) in [6.45, 7) is 4.27. The molecule has 2 rings (SSSR count). The summed E-state index contributed by atoms with van der Waals surface area (Å²) in [5.74, 6) is 0. The average molecular weight is 282 g/mol. The highest BCUT2D eigenvalue weighted by Crippen LogP contribution is 2.36. The first-order chi connectivity index (χ1) is 7.08. The molecule has 3 heteroatoms. The molecule has 78 valence electrons. The predicted molar refractivity (Wildman–Crippen MR) is 71.3 cm³/mol. The zero-order valence-electron chi connectivity index (χ0n) is 8.67. The van der Waals surface area contributed by atoms with Crippen LogP contribution in [-0.2, 0) is 0 Å². The monoisotopic (exact) mass is 281 g/mol. The molecule has 15 heavy (non-hydrogen) atoms. The second-order valence-corrected chi connectivity index (χ2v) is 5.88. The van der Waals surface area contributed by atoms with Crippen molar-refractivity contribution in [2.75, 3.05) is 5.73 Å². The summed E-state index contributed by atoms with van der Waals surface area (Å²) in [4.78, 5) is 2.66. The predicted octanol–water partition coefficient (Wildman–Crippen LogP) is 4.38. The molecular formula is C12H12BrNS. The van der Waals surface area contributed by atoms with Crippen LogP contribution < -0.4 is 5.73 Å². The molecule has 0 bridgehead atoms. The van der Waals surface area contributed by atoms with E-state index in [4.69, 9.17) is 5.73 Å². The number of benzene rings is 1. The van der Waals surface area contributed by atoms with Gasteiger partial charge in [-0.3, -0.25) is 0 Å². The standard InChI is InChI=1S/C12H12BrNS/c1-7-5-10(8(2)15-7)11-6-9(14)3-4-12(11)13/h3-6H,14H2,1-2H3. The Kier molecular flexibility index (Phi) is 2.85. The van der Waals surface area contributed by atoms with E-state index >= 15 is 0 Å². The van der Waals surface area contributed by atoms with Gasteiger partial charge in [-0.2, -0.15) is 0 Å². The van der Waals surface area contributed by atoms with Crippen LogP contribution in [0.4, 0.5) is 5.69 Å². The summed E-state index contributed by atoms with van der Waals surface area (Å²) in [6, 6.07) is 8.12. The van der Waals surface area contributed by atoms with Crippen LogP contribution in [0.2, 0.25) is 0 Å². The number of hydrogen-bond donors (Lipinski definition) is 1. The third-order valence-electron chi connectivity index (χ3n) is 2.32. The number of anilines is 1. The summed E-state index contributed by atoms with van der Waals surface area (Å²) >= 11 is 5.38. The molecule has 0 unspecified atom stereocenters. The van der Waals surface area contributed by atoms with Gasteiger partial charge in [-0.1, -0.05) is 15.9 Å². The summed E-state index contributed by atoms with van der Waals surface area (Å²) in [5, 5.41) is 0. The molecule has 0 saturated carbocycles. The molecule has 1 aromatic carbocycles. The molecule has 0 aliphatic carbocycles. The molecule has 2 N–H and O–H groups in total. The molecule has 1 nitrogen and oxygen atoms in total. The number of nitrogens with two attached hydrogens (primary N) is 1. The Morgan fingerprint density at radius 2 is 1.87 bits per heavy atom. The Bertz CT molecular complexity index is 502. The van der Waals surface area contributed by atoms with Crippen molar-refractivity contribution in [1.29, 1.82) is 0 Å². The maximum atomic E-state index is 5.80. The van der Waals surface area contributed by atoms with Gasteiger partial charge in [0.25, 0.3) is 0 Å². The van der Waals surface area contributed by atoms with Crippen molar-refractivity contribution in [3.8, 4) is 11.1 Å². The van der Waals surface area contributed by atoms with E-state index in [-0.39, 0.29) is 0 Å². The fourth-order valence-corrected chi connectivity index (χ4v) is 3.05. The van der Waals surface area contributed by atoms with Gasteiger partial charge in [-0.15, -0.1) is 11.3 Å². The Morgan fingerprint density at radius 1 is 1.13 bits per heavy atom. The smallest absolute Gasteiger partial charge is 0.0321 e. The van der Waals surface area contributed by atoms with Crippen LogP contribution in [0.3, 0.4) is 0 Å². The van der Waals surface area contributed by atoms with Crippen molar-refractivity contribution in [1.82, 2.24) is 0 Å². The number of nitrogen functional groups attached to an aromatic ring is 1. The Morgan fingerprint density at radius 3 is 2.47 bits per heavy atom. The van der Waals surface area contributed by atoms with Crippen LogP contribution in [0, 0.1) is 13.8 Å². The first-order valence-electron chi connectivity index (χ1n) is 4.70. The molecule has 0 spiro atoms. The molecular weight excluding hydrogens is 270 g/mol. The molecule has 0 atom stereocenters. The molecule has 1 heterocycles. The first-order valence-corrected chi connectivity index (χ1v) is 6.31. The van der Waals surface area contributed by atoms with Crippen LogP contribution in [0.1, 0.15) is 9.75 Å². The average Bonchev–Trinajstić information content (AvgIpc) is 2.50. The van der Waals surface area contributed by atoms with Crippen molar-refractivity contribution < 1.29 is 0 Å². The van der Waals surface area contributed by atoms with Gasteiger partial charge in [-0.05, 0) is 49.2 Å². The summed E-state index contributed by atoms with van der Waals surface area (Å²) in [5.41, 5.74) is 9.06. The minimum absolute atomic E-state index is 0.802. The Balaban J connectivity index is 2.62. The summed E-state index contributed by atoms with van der Waals surface area (Å²) in [7, 11) is 0. The van der Waals surface area contributed by atoms with Crippen molar-refractivity contribution >= 4 is 33.0 Å². The molecule has 0 saturated heterocycles.